The summed E-state index contributed by atoms with van der Waals surface area (Å²) in [7, 11) is 0. The first-order chi connectivity index (χ1) is 17.4. The molecule has 3 heterocycles. The Hall–Kier alpha value is -2.03. The molecule has 0 unspecified atom stereocenters. The van der Waals surface area contributed by atoms with Gasteiger partial charge in [-0.1, -0.05) is 0 Å². The number of carboxylic acids is 1. The number of amides is 2. The first-order valence-electron chi connectivity index (χ1n) is 12.2. The van der Waals surface area contributed by atoms with Crippen LogP contribution >= 0.6 is 45.2 Å². The minimum atomic E-state index is -0.915. The first-order valence-corrected chi connectivity index (χ1v) is 14.4. The highest BCUT2D eigenvalue weighted by Crippen LogP contribution is 2.26. The van der Waals surface area contributed by atoms with E-state index in [1.807, 2.05) is 57.7 Å². The van der Waals surface area contributed by atoms with Crippen LogP contribution in [0.3, 0.4) is 0 Å². The van der Waals surface area contributed by atoms with Crippen molar-refractivity contribution in [3.05, 3.63) is 55.2 Å². The number of ether oxygens (including phenoxy) is 1. The Kier molecular flexibility index (Phi) is 10.9. The summed E-state index contributed by atoms with van der Waals surface area (Å²) >= 11 is 4.36. The smallest absolute Gasteiger partial charge is 0.410 e. The number of carbonyl (C=O) groups excluding carboxylic acids is 2. The van der Waals surface area contributed by atoms with E-state index in [9.17, 15) is 14.4 Å². The maximum absolute atomic E-state index is 13.0. The molecule has 0 bridgehead atoms. The lowest BCUT2D eigenvalue weighted by Crippen LogP contribution is -2.55. The number of rotatable bonds is 4. The Labute approximate surface area is 252 Å². The van der Waals surface area contributed by atoms with Crippen LogP contribution in [0.2, 0.25) is 0 Å². The molecule has 1 saturated heterocycles. The van der Waals surface area contributed by atoms with Gasteiger partial charge in [0.2, 0.25) is 5.91 Å². The molecule has 1 N–H and O–H groups in total. The third-order valence-electron chi connectivity index (χ3n) is 6.01. The molecule has 3 rings (SSSR count). The van der Waals surface area contributed by atoms with Gasteiger partial charge in [0.25, 0.3) is 0 Å². The van der Waals surface area contributed by atoms with E-state index >= 15 is 0 Å². The summed E-state index contributed by atoms with van der Waals surface area (Å²) in [4.78, 5) is 47.9. The van der Waals surface area contributed by atoms with Gasteiger partial charge in [-0.25, -0.2) is 4.79 Å². The van der Waals surface area contributed by atoms with Crippen molar-refractivity contribution in [1.82, 2.24) is 19.8 Å². The fourth-order valence-electron chi connectivity index (χ4n) is 3.53. The molecule has 0 aromatic carbocycles. The second-order valence-electron chi connectivity index (χ2n) is 11.0. The molecule has 2 aromatic rings. The van der Waals surface area contributed by atoms with Gasteiger partial charge < -0.3 is 19.6 Å². The number of hydrogen-bond acceptors (Lipinski definition) is 6. The molecule has 1 aliphatic rings. The predicted molar refractivity (Wildman–Crippen MR) is 162 cm³/mol. The largest absolute Gasteiger partial charge is 0.481 e. The molecule has 2 aromatic heterocycles. The van der Waals surface area contributed by atoms with E-state index < -0.39 is 22.4 Å². The van der Waals surface area contributed by atoms with Gasteiger partial charge in [0.05, 0.1) is 16.8 Å². The number of piperazine rings is 1. The fourth-order valence-corrected chi connectivity index (χ4v) is 4.44. The van der Waals surface area contributed by atoms with Gasteiger partial charge in [0, 0.05) is 45.7 Å². The zero-order valence-electron chi connectivity index (χ0n) is 22.9. The minimum absolute atomic E-state index is 0.0332. The third kappa shape index (κ3) is 8.75. The average molecular weight is 750 g/mol. The Morgan fingerprint density at radius 2 is 1.21 bits per heavy atom. The first kappa shape index (κ1) is 32.2. The quantitative estimate of drug-likeness (QED) is 0.434. The molecule has 0 aliphatic carbocycles. The van der Waals surface area contributed by atoms with E-state index in [0.717, 1.165) is 12.8 Å². The Bertz CT molecular complexity index is 1160. The van der Waals surface area contributed by atoms with Crippen LogP contribution in [0.15, 0.2) is 36.7 Å². The number of halogens is 2. The Balaban J connectivity index is 0.000000328. The van der Waals surface area contributed by atoms with E-state index in [-0.39, 0.29) is 12.0 Å². The van der Waals surface area contributed by atoms with E-state index in [1.54, 1.807) is 37.2 Å². The normalized spacial score (nSPS) is 14.3. The Morgan fingerprint density at radius 3 is 1.61 bits per heavy atom. The SMILES string of the molecule is CC(C)(C(=O)O)c1cc(I)ccn1.CC(C)(C)OC(=O)N1CCN(C(=O)C(C)(C)c2cc(I)ccn2)CC1. The van der Waals surface area contributed by atoms with E-state index in [0.29, 0.717) is 31.9 Å². The van der Waals surface area contributed by atoms with Gasteiger partial charge in [-0.2, -0.15) is 0 Å². The highest BCUT2D eigenvalue weighted by atomic mass is 127. The summed E-state index contributed by atoms with van der Waals surface area (Å²) < 4.78 is 7.45. The highest BCUT2D eigenvalue weighted by Gasteiger charge is 2.37. The van der Waals surface area contributed by atoms with Gasteiger partial charge in [0.15, 0.2) is 0 Å². The van der Waals surface area contributed by atoms with Crippen LogP contribution < -0.4 is 0 Å². The van der Waals surface area contributed by atoms with E-state index in [2.05, 4.69) is 55.1 Å². The monoisotopic (exact) mass is 750 g/mol. The van der Waals surface area contributed by atoms with Crippen molar-refractivity contribution in [3.8, 4) is 0 Å². The van der Waals surface area contributed by atoms with Crippen molar-refractivity contribution in [1.29, 1.82) is 0 Å². The van der Waals surface area contributed by atoms with Gasteiger partial charge in [-0.05, 0) is 118 Å². The number of aliphatic carboxylic acids is 1. The van der Waals surface area contributed by atoms with Crippen molar-refractivity contribution in [2.24, 2.45) is 0 Å². The standard InChI is InChI=1S/C18H26IN3O3.C9H10INO2/c1-17(2,3)25-16(24)22-10-8-21(9-11-22)15(23)18(4,5)14-12-13(19)6-7-20-14;1-9(2,8(12)13)7-5-6(10)3-4-11-7/h6-7,12H,8-11H2,1-5H3;3-5H,1-2H3,(H,12,13). The molecule has 0 radical (unpaired) electrons. The van der Waals surface area contributed by atoms with Crippen LogP contribution in [0.25, 0.3) is 0 Å². The summed E-state index contributed by atoms with van der Waals surface area (Å²) in [6.07, 6.45) is 3.03. The number of aromatic nitrogens is 2. The summed E-state index contributed by atoms with van der Waals surface area (Å²) in [5.41, 5.74) is -0.774. The van der Waals surface area contributed by atoms with Crippen LogP contribution in [0, 0.1) is 7.14 Å². The maximum Gasteiger partial charge on any atom is 0.410 e. The molecule has 0 saturated carbocycles. The van der Waals surface area contributed by atoms with E-state index in [4.69, 9.17) is 9.84 Å². The lowest BCUT2D eigenvalue weighted by molar-refractivity contribution is -0.142. The Morgan fingerprint density at radius 1 is 0.789 bits per heavy atom. The number of pyridine rings is 2. The van der Waals surface area contributed by atoms with Gasteiger partial charge in [0.1, 0.15) is 11.0 Å². The minimum Gasteiger partial charge on any atom is -0.481 e. The topological polar surface area (TPSA) is 113 Å². The number of hydrogen-bond donors (Lipinski definition) is 1. The summed E-state index contributed by atoms with van der Waals surface area (Å²) in [6, 6.07) is 7.47. The molecule has 11 heteroatoms. The summed E-state index contributed by atoms with van der Waals surface area (Å²) in [6.45, 7) is 14.6. The van der Waals surface area contributed by atoms with Crippen molar-refractivity contribution in [3.63, 3.8) is 0 Å². The molecule has 38 heavy (non-hydrogen) atoms. The van der Waals surface area contributed by atoms with Gasteiger partial charge in [-0.15, -0.1) is 0 Å². The van der Waals surface area contributed by atoms with Crippen molar-refractivity contribution < 1.29 is 24.2 Å². The molecule has 0 spiro atoms. The molecular formula is C27H36I2N4O5. The molecule has 1 aliphatic heterocycles. The average Bonchev–Trinajstić information content (AvgIpc) is 2.83. The van der Waals surface area contributed by atoms with Gasteiger partial charge >= 0.3 is 12.1 Å². The zero-order valence-corrected chi connectivity index (χ0v) is 27.2. The van der Waals surface area contributed by atoms with Crippen molar-refractivity contribution in [2.75, 3.05) is 26.2 Å². The molecular weight excluding hydrogens is 714 g/mol. The summed E-state index contributed by atoms with van der Waals surface area (Å²) in [5, 5.41) is 8.94. The predicted octanol–water partition coefficient (Wildman–Crippen LogP) is 5.09. The fraction of sp³-hybridized carbons (Fsp3) is 0.519. The molecule has 2 amide bonds. The lowest BCUT2D eigenvalue weighted by Gasteiger charge is -2.38. The van der Waals surface area contributed by atoms with Crippen LogP contribution in [-0.2, 0) is 25.2 Å². The number of carbonyl (C=O) groups is 3. The van der Waals surface area contributed by atoms with Crippen molar-refractivity contribution in [2.45, 2.75) is 64.9 Å². The van der Waals surface area contributed by atoms with E-state index in [1.165, 1.54) is 0 Å². The van der Waals surface area contributed by atoms with Crippen LogP contribution in [-0.4, -0.2) is 74.6 Å². The maximum atomic E-state index is 13.0. The number of nitrogens with zero attached hydrogens (tertiary/aromatic N) is 4. The lowest BCUT2D eigenvalue weighted by atomic mass is 9.86. The second kappa shape index (κ2) is 12.9. The van der Waals surface area contributed by atoms with Crippen LogP contribution in [0.5, 0.6) is 0 Å². The summed E-state index contributed by atoms with van der Waals surface area (Å²) in [5.74, 6) is -0.826. The van der Waals surface area contributed by atoms with Crippen LogP contribution in [0.4, 0.5) is 4.79 Å². The second-order valence-corrected chi connectivity index (χ2v) is 13.5. The molecule has 1 fully saturated rings. The molecule has 9 nitrogen and oxygen atoms in total. The third-order valence-corrected chi connectivity index (χ3v) is 7.35. The van der Waals surface area contributed by atoms with Crippen LogP contribution in [0.1, 0.15) is 59.9 Å². The molecule has 208 valence electrons. The molecule has 0 atom stereocenters. The number of carboxylic acid groups (broad SMARTS) is 1. The zero-order chi connectivity index (χ0) is 28.9. The van der Waals surface area contributed by atoms with Gasteiger partial charge in [-0.3, -0.25) is 19.6 Å². The van der Waals surface area contributed by atoms with Crippen molar-refractivity contribution >= 4 is 63.2 Å². The highest BCUT2D eigenvalue weighted by molar-refractivity contribution is 14.1.